The normalized spacial score (nSPS) is 19.9. The van der Waals surface area contributed by atoms with Gasteiger partial charge in [-0.2, -0.15) is 5.10 Å². The molecule has 0 aliphatic carbocycles. The van der Waals surface area contributed by atoms with Gasteiger partial charge in [-0.05, 0) is 32.0 Å². The van der Waals surface area contributed by atoms with E-state index in [0.717, 1.165) is 22.1 Å². The Kier molecular flexibility index (Phi) is 4.09. The van der Waals surface area contributed by atoms with Crippen molar-refractivity contribution >= 4 is 39.3 Å². The van der Waals surface area contributed by atoms with Crippen molar-refractivity contribution in [2.45, 2.75) is 25.9 Å². The number of pyridine rings is 1. The van der Waals surface area contributed by atoms with Crippen molar-refractivity contribution in [1.29, 1.82) is 0 Å². The van der Waals surface area contributed by atoms with Crippen LogP contribution in [0.4, 0.5) is 5.69 Å². The largest absolute Gasteiger partial charge is 0.387 e. The zero-order valence-corrected chi connectivity index (χ0v) is 16.7. The third-order valence-corrected chi connectivity index (χ3v) is 5.53. The van der Waals surface area contributed by atoms with Gasteiger partial charge in [0.2, 0.25) is 0 Å². The van der Waals surface area contributed by atoms with Crippen LogP contribution in [0.5, 0.6) is 0 Å². The first-order valence-corrected chi connectivity index (χ1v) is 9.86. The van der Waals surface area contributed by atoms with Crippen LogP contribution < -0.4 is 10.6 Å². The fourth-order valence-electron chi connectivity index (χ4n) is 4.45. The number of rotatable bonds is 2. The maximum Gasteiger partial charge on any atom is 0.259 e. The summed E-state index contributed by atoms with van der Waals surface area (Å²) in [5.74, 6) is -0.0198. The molecule has 3 aromatic heterocycles. The van der Waals surface area contributed by atoms with Gasteiger partial charge in [-0.25, -0.2) is 4.98 Å². The second-order valence-corrected chi connectivity index (χ2v) is 7.71. The van der Waals surface area contributed by atoms with Crippen LogP contribution in [0.15, 0.2) is 36.5 Å². The average molecular weight is 389 g/mol. The third kappa shape index (κ3) is 2.71. The van der Waals surface area contributed by atoms with E-state index in [1.165, 1.54) is 0 Å². The molecule has 1 aromatic carbocycles. The maximum absolute atomic E-state index is 13.8. The number of anilines is 1. The van der Waals surface area contributed by atoms with Crippen molar-refractivity contribution in [3.8, 4) is 0 Å². The van der Waals surface area contributed by atoms with Gasteiger partial charge >= 0.3 is 0 Å². The molecule has 1 fully saturated rings. The van der Waals surface area contributed by atoms with Crippen LogP contribution >= 0.6 is 0 Å². The summed E-state index contributed by atoms with van der Waals surface area (Å²) in [6.07, 6.45) is 1.65. The van der Waals surface area contributed by atoms with Crippen molar-refractivity contribution < 1.29 is 4.79 Å². The highest BCUT2D eigenvalue weighted by Gasteiger charge is 2.30. The topological polar surface area (TPSA) is 87.5 Å². The highest BCUT2D eigenvalue weighted by molar-refractivity contribution is 6.13. The molecule has 4 heterocycles. The third-order valence-electron chi connectivity index (χ3n) is 5.53. The molecule has 8 nitrogen and oxygen atoms in total. The number of aromatic nitrogens is 4. The molecule has 0 saturated carbocycles. The van der Waals surface area contributed by atoms with Gasteiger partial charge in [-0.15, -0.1) is 5.10 Å². The van der Waals surface area contributed by atoms with Gasteiger partial charge in [-0.3, -0.25) is 9.20 Å². The number of para-hydroxylation sites is 2. The van der Waals surface area contributed by atoms with E-state index in [4.69, 9.17) is 4.98 Å². The predicted octanol–water partition coefficient (Wildman–Crippen LogP) is 2.29. The summed E-state index contributed by atoms with van der Waals surface area (Å²) in [4.78, 5) is 20.5. The maximum atomic E-state index is 13.8. The first kappa shape index (κ1) is 17.8. The van der Waals surface area contributed by atoms with E-state index >= 15 is 0 Å². The molecule has 1 aliphatic rings. The molecule has 4 aromatic rings. The van der Waals surface area contributed by atoms with E-state index in [2.05, 4.69) is 34.7 Å². The predicted molar refractivity (Wildman–Crippen MR) is 113 cm³/mol. The monoisotopic (exact) mass is 389 g/mol. The van der Waals surface area contributed by atoms with Gasteiger partial charge < -0.3 is 15.5 Å². The summed E-state index contributed by atoms with van der Waals surface area (Å²) < 4.78 is 1.95. The lowest BCUT2D eigenvalue weighted by molar-refractivity contribution is 0.0676. The quantitative estimate of drug-likeness (QED) is 0.547. The van der Waals surface area contributed by atoms with Crippen LogP contribution in [-0.4, -0.2) is 62.6 Å². The summed E-state index contributed by atoms with van der Waals surface area (Å²) in [7, 11) is 1.83. The number of benzene rings is 1. The molecular formula is C21H23N7O. The van der Waals surface area contributed by atoms with E-state index in [9.17, 15) is 4.79 Å². The van der Waals surface area contributed by atoms with E-state index in [1.54, 1.807) is 6.20 Å². The number of nitrogens with zero attached hydrogens (tertiary/aromatic N) is 5. The van der Waals surface area contributed by atoms with Crippen LogP contribution in [0.3, 0.4) is 0 Å². The highest BCUT2D eigenvalue weighted by atomic mass is 16.2. The van der Waals surface area contributed by atoms with Crippen molar-refractivity contribution in [1.82, 2.24) is 29.8 Å². The fourth-order valence-corrected chi connectivity index (χ4v) is 4.45. The van der Waals surface area contributed by atoms with E-state index in [1.807, 2.05) is 46.7 Å². The Morgan fingerprint density at radius 2 is 1.90 bits per heavy atom. The van der Waals surface area contributed by atoms with Crippen molar-refractivity contribution in [3.63, 3.8) is 0 Å². The molecule has 0 unspecified atom stereocenters. The van der Waals surface area contributed by atoms with Crippen molar-refractivity contribution in [3.05, 3.63) is 42.1 Å². The van der Waals surface area contributed by atoms with Crippen molar-refractivity contribution in [2.24, 2.45) is 0 Å². The lowest BCUT2D eigenvalue weighted by Gasteiger charge is -2.36. The van der Waals surface area contributed by atoms with Gasteiger partial charge in [0.15, 0.2) is 11.3 Å². The zero-order chi connectivity index (χ0) is 20.1. The number of amides is 1. The Hall–Kier alpha value is -3.26. The van der Waals surface area contributed by atoms with Gasteiger partial charge in [0.05, 0.1) is 22.9 Å². The molecule has 1 saturated heterocycles. The minimum absolute atomic E-state index is 0.0198. The number of hydrogen-bond donors (Lipinski definition) is 2. The van der Waals surface area contributed by atoms with Gasteiger partial charge in [0.1, 0.15) is 5.56 Å². The van der Waals surface area contributed by atoms with Crippen LogP contribution in [0.1, 0.15) is 24.2 Å². The molecule has 0 bridgehead atoms. The molecule has 1 aliphatic heterocycles. The minimum Gasteiger partial charge on any atom is -0.387 e. The van der Waals surface area contributed by atoms with Crippen LogP contribution in [0.2, 0.25) is 0 Å². The lowest BCUT2D eigenvalue weighted by Crippen LogP contribution is -2.56. The smallest absolute Gasteiger partial charge is 0.259 e. The molecule has 148 valence electrons. The van der Waals surface area contributed by atoms with E-state index < -0.39 is 0 Å². The molecule has 0 radical (unpaired) electrons. The molecule has 2 atom stereocenters. The molecule has 2 N–H and O–H groups in total. The average Bonchev–Trinajstić information content (AvgIpc) is 3.11. The Balaban J connectivity index is 1.85. The Labute approximate surface area is 167 Å². The standard InChI is InChI=1S/C21H23N7O/c1-12-10-27(11-13(2)24-12)21(29)17-18(22-3)14-8-9-23-26-19(14)28-16-7-5-4-6-15(16)25-20(17)28/h4-9,12-13,22,24H,10-11H2,1-3H3/t12-,13+. The first-order valence-electron chi connectivity index (χ1n) is 9.86. The zero-order valence-electron chi connectivity index (χ0n) is 16.7. The lowest BCUT2D eigenvalue weighted by atomic mass is 10.1. The first-order chi connectivity index (χ1) is 14.1. The number of nitrogens with one attached hydrogen (secondary N) is 2. The number of piperazine rings is 1. The number of hydrogen-bond acceptors (Lipinski definition) is 6. The molecule has 29 heavy (non-hydrogen) atoms. The Morgan fingerprint density at radius 3 is 2.66 bits per heavy atom. The summed E-state index contributed by atoms with van der Waals surface area (Å²) in [5, 5.41) is 16.0. The second-order valence-electron chi connectivity index (χ2n) is 7.71. The number of carbonyl (C=O) groups excluding carboxylic acids is 1. The molecule has 5 rings (SSSR count). The summed E-state index contributed by atoms with van der Waals surface area (Å²) in [5.41, 5.74) is 4.33. The molecule has 1 amide bonds. The van der Waals surface area contributed by atoms with Crippen LogP contribution in [0, 0.1) is 0 Å². The Morgan fingerprint density at radius 1 is 1.14 bits per heavy atom. The van der Waals surface area contributed by atoms with Gasteiger partial charge in [-0.1, -0.05) is 12.1 Å². The van der Waals surface area contributed by atoms with Gasteiger partial charge in [0, 0.05) is 37.6 Å². The second kappa shape index (κ2) is 6.66. The number of carbonyl (C=O) groups is 1. The van der Waals surface area contributed by atoms with Crippen molar-refractivity contribution in [2.75, 3.05) is 25.5 Å². The minimum atomic E-state index is -0.0198. The number of imidazole rings is 1. The fraction of sp³-hybridized carbons (Fsp3) is 0.333. The van der Waals surface area contributed by atoms with Crippen LogP contribution in [-0.2, 0) is 0 Å². The summed E-state index contributed by atoms with van der Waals surface area (Å²) >= 11 is 0. The van der Waals surface area contributed by atoms with E-state index in [-0.39, 0.29) is 18.0 Å². The molecule has 8 heteroatoms. The SMILES string of the molecule is CNc1c(C(=O)N2C[C@@H](C)N[C@@H](C)C2)c2nc3ccccc3n2c2nnccc12. The van der Waals surface area contributed by atoms with E-state index in [0.29, 0.717) is 29.9 Å². The molecule has 0 spiro atoms. The summed E-state index contributed by atoms with van der Waals surface area (Å²) in [6, 6.07) is 10.2. The number of fused-ring (bicyclic) bond motifs is 5. The highest BCUT2D eigenvalue weighted by Crippen LogP contribution is 2.33. The molecular weight excluding hydrogens is 366 g/mol. The van der Waals surface area contributed by atoms with Crippen LogP contribution in [0.25, 0.3) is 27.7 Å². The van der Waals surface area contributed by atoms with Gasteiger partial charge in [0.25, 0.3) is 5.91 Å². The summed E-state index contributed by atoms with van der Waals surface area (Å²) in [6.45, 7) is 5.52. The Bertz CT molecular complexity index is 1240.